The number of nitrogens with one attached hydrogen (secondary N) is 1. The van der Waals surface area contributed by atoms with E-state index in [0.717, 1.165) is 4.31 Å². The van der Waals surface area contributed by atoms with E-state index >= 15 is 0 Å². The standard InChI is InChI=1S/C14H20N4O4S/c1-11(2)16-13(19)9-17-6-7-18(10-14(17)20)23(21,22)12-4-3-5-15-8-12/h3-5,8,11H,6-7,9-10H2,1-2H3,(H,16,19). The Morgan fingerprint density at radius 1 is 1.39 bits per heavy atom. The zero-order valence-electron chi connectivity index (χ0n) is 13.1. The molecule has 2 amide bonds. The van der Waals surface area contributed by atoms with Crippen molar-refractivity contribution in [1.82, 2.24) is 19.5 Å². The monoisotopic (exact) mass is 340 g/mol. The minimum atomic E-state index is -3.74. The summed E-state index contributed by atoms with van der Waals surface area (Å²) in [5.74, 6) is -0.639. The Morgan fingerprint density at radius 3 is 2.70 bits per heavy atom. The highest BCUT2D eigenvalue weighted by molar-refractivity contribution is 7.89. The maximum Gasteiger partial charge on any atom is 0.245 e. The summed E-state index contributed by atoms with van der Waals surface area (Å²) < 4.78 is 26.0. The molecular weight excluding hydrogens is 320 g/mol. The number of sulfonamides is 1. The molecular formula is C14H20N4O4S. The number of piperazine rings is 1. The lowest BCUT2D eigenvalue weighted by atomic mass is 10.3. The Kier molecular flexibility index (Phi) is 5.32. The molecule has 2 heterocycles. The molecule has 126 valence electrons. The summed E-state index contributed by atoms with van der Waals surface area (Å²) >= 11 is 0. The van der Waals surface area contributed by atoms with Crippen LogP contribution in [0.3, 0.4) is 0 Å². The minimum Gasteiger partial charge on any atom is -0.352 e. The van der Waals surface area contributed by atoms with Crippen LogP contribution in [0, 0.1) is 0 Å². The number of pyridine rings is 1. The summed E-state index contributed by atoms with van der Waals surface area (Å²) in [4.78, 5) is 29.1. The van der Waals surface area contributed by atoms with E-state index in [1.807, 2.05) is 13.8 Å². The van der Waals surface area contributed by atoms with Gasteiger partial charge in [0.1, 0.15) is 4.90 Å². The Bertz CT molecular complexity index is 675. The van der Waals surface area contributed by atoms with Crippen molar-refractivity contribution in [3.63, 3.8) is 0 Å². The molecule has 0 bridgehead atoms. The van der Waals surface area contributed by atoms with Crippen molar-refractivity contribution < 1.29 is 18.0 Å². The molecule has 1 N–H and O–H groups in total. The van der Waals surface area contributed by atoms with Gasteiger partial charge in [-0.3, -0.25) is 14.6 Å². The molecule has 0 unspecified atom stereocenters. The summed E-state index contributed by atoms with van der Waals surface area (Å²) in [6, 6.07) is 2.96. The first-order valence-corrected chi connectivity index (χ1v) is 8.72. The van der Waals surface area contributed by atoms with Gasteiger partial charge >= 0.3 is 0 Å². The normalized spacial score (nSPS) is 16.7. The van der Waals surface area contributed by atoms with Gasteiger partial charge in [-0.15, -0.1) is 0 Å². The maximum absolute atomic E-state index is 12.4. The molecule has 0 spiro atoms. The molecule has 0 aliphatic carbocycles. The van der Waals surface area contributed by atoms with Gasteiger partial charge in [0.25, 0.3) is 0 Å². The lowest BCUT2D eigenvalue weighted by Crippen LogP contribution is -2.54. The number of amides is 2. The molecule has 0 atom stereocenters. The number of rotatable bonds is 5. The van der Waals surface area contributed by atoms with Crippen LogP contribution in [0.25, 0.3) is 0 Å². The smallest absolute Gasteiger partial charge is 0.245 e. The molecule has 1 fully saturated rings. The van der Waals surface area contributed by atoms with Gasteiger partial charge in [0.05, 0.1) is 13.1 Å². The highest BCUT2D eigenvalue weighted by atomic mass is 32.2. The average molecular weight is 340 g/mol. The van der Waals surface area contributed by atoms with Gasteiger partial charge in [-0.2, -0.15) is 4.31 Å². The van der Waals surface area contributed by atoms with Crippen LogP contribution >= 0.6 is 0 Å². The molecule has 9 heteroatoms. The first-order valence-electron chi connectivity index (χ1n) is 7.28. The molecule has 1 aliphatic rings. The van der Waals surface area contributed by atoms with Crippen LogP contribution in [0.1, 0.15) is 13.8 Å². The van der Waals surface area contributed by atoms with Crippen molar-refractivity contribution in [1.29, 1.82) is 0 Å². The Hall–Kier alpha value is -2.00. The Labute approximate surface area is 135 Å². The van der Waals surface area contributed by atoms with Crippen LogP contribution in [0.2, 0.25) is 0 Å². The summed E-state index contributed by atoms with van der Waals surface area (Å²) in [6.45, 7) is 3.67. The number of carbonyl (C=O) groups excluding carboxylic acids is 2. The Morgan fingerprint density at radius 2 is 2.13 bits per heavy atom. The predicted octanol–water partition coefficient (Wildman–Crippen LogP) is -0.561. The van der Waals surface area contributed by atoms with Crippen LogP contribution in [0.15, 0.2) is 29.4 Å². The van der Waals surface area contributed by atoms with Crippen LogP contribution in [0.4, 0.5) is 0 Å². The molecule has 2 rings (SSSR count). The zero-order chi connectivity index (χ0) is 17.0. The van der Waals surface area contributed by atoms with Gasteiger partial charge in [0, 0.05) is 31.5 Å². The molecule has 1 saturated heterocycles. The van der Waals surface area contributed by atoms with Crippen LogP contribution in [-0.4, -0.2) is 66.6 Å². The highest BCUT2D eigenvalue weighted by Gasteiger charge is 2.33. The van der Waals surface area contributed by atoms with Crippen molar-refractivity contribution in [2.45, 2.75) is 24.8 Å². The van der Waals surface area contributed by atoms with Crippen molar-refractivity contribution in [2.75, 3.05) is 26.2 Å². The second kappa shape index (κ2) is 7.05. The van der Waals surface area contributed by atoms with Crippen molar-refractivity contribution in [2.24, 2.45) is 0 Å². The summed E-state index contributed by atoms with van der Waals surface area (Å²) in [7, 11) is -3.74. The van der Waals surface area contributed by atoms with Gasteiger partial charge in [-0.05, 0) is 26.0 Å². The van der Waals surface area contributed by atoms with E-state index in [1.54, 1.807) is 0 Å². The van der Waals surface area contributed by atoms with Gasteiger partial charge in [0.2, 0.25) is 21.8 Å². The fourth-order valence-electron chi connectivity index (χ4n) is 2.25. The highest BCUT2D eigenvalue weighted by Crippen LogP contribution is 2.16. The fraction of sp³-hybridized carbons (Fsp3) is 0.500. The molecule has 23 heavy (non-hydrogen) atoms. The van der Waals surface area contributed by atoms with E-state index in [0.29, 0.717) is 0 Å². The first kappa shape index (κ1) is 17.4. The van der Waals surface area contributed by atoms with E-state index in [9.17, 15) is 18.0 Å². The van der Waals surface area contributed by atoms with Crippen LogP contribution < -0.4 is 5.32 Å². The third-order valence-electron chi connectivity index (χ3n) is 3.34. The summed E-state index contributed by atoms with van der Waals surface area (Å²) in [5, 5.41) is 2.70. The third kappa shape index (κ3) is 4.26. The molecule has 1 aromatic rings. The maximum atomic E-state index is 12.4. The fourth-order valence-corrected chi connectivity index (χ4v) is 3.59. The number of hydrogen-bond donors (Lipinski definition) is 1. The SMILES string of the molecule is CC(C)NC(=O)CN1CCN(S(=O)(=O)c2cccnc2)CC1=O. The molecule has 0 aromatic carbocycles. The zero-order valence-corrected chi connectivity index (χ0v) is 13.9. The van der Waals surface area contributed by atoms with E-state index in [2.05, 4.69) is 10.3 Å². The van der Waals surface area contributed by atoms with Gasteiger partial charge in [-0.25, -0.2) is 8.42 Å². The quantitative estimate of drug-likeness (QED) is 0.774. The van der Waals surface area contributed by atoms with Crippen molar-refractivity contribution in [3.05, 3.63) is 24.5 Å². The van der Waals surface area contributed by atoms with Gasteiger partial charge in [-0.1, -0.05) is 0 Å². The van der Waals surface area contributed by atoms with E-state index in [-0.39, 0.29) is 48.9 Å². The van der Waals surface area contributed by atoms with Gasteiger partial charge < -0.3 is 10.2 Å². The lowest BCUT2D eigenvalue weighted by molar-refractivity contribution is -0.138. The second-order valence-corrected chi connectivity index (χ2v) is 7.50. The van der Waals surface area contributed by atoms with Crippen LogP contribution in [-0.2, 0) is 19.6 Å². The lowest BCUT2D eigenvalue weighted by Gasteiger charge is -2.33. The molecule has 1 aromatic heterocycles. The number of hydrogen-bond acceptors (Lipinski definition) is 5. The largest absolute Gasteiger partial charge is 0.352 e. The average Bonchev–Trinajstić information content (AvgIpc) is 2.49. The molecule has 0 radical (unpaired) electrons. The molecule has 8 nitrogen and oxygen atoms in total. The van der Waals surface area contributed by atoms with Gasteiger partial charge in [0.15, 0.2) is 0 Å². The topological polar surface area (TPSA) is 99.7 Å². The van der Waals surface area contributed by atoms with Crippen molar-refractivity contribution in [3.8, 4) is 0 Å². The molecule has 1 aliphatic heterocycles. The first-order chi connectivity index (χ1) is 10.8. The number of carbonyl (C=O) groups is 2. The van der Waals surface area contributed by atoms with Crippen LogP contribution in [0.5, 0.6) is 0 Å². The third-order valence-corrected chi connectivity index (χ3v) is 5.17. The van der Waals surface area contributed by atoms with E-state index < -0.39 is 10.0 Å². The Balaban J connectivity index is 2.01. The molecule has 0 saturated carbocycles. The van der Waals surface area contributed by atoms with E-state index in [1.165, 1.54) is 29.4 Å². The number of nitrogens with zero attached hydrogens (tertiary/aromatic N) is 3. The minimum absolute atomic E-state index is 0.00940. The number of aromatic nitrogens is 1. The summed E-state index contributed by atoms with van der Waals surface area (Å²) in [5.41, 5.74) is 0. The van der Waals surface area contributed by atoms with Crippen molar-refractivity contribution >= 4 is 21.8 Å². The second-order valence-electron chi connectivity index (χ2n) is 5.56. The predicted molar refractivity (Wildman–Crippen MR) is 82.9 cm³/mol. The summed E-state index contributed by atoms with van der Waals surface area (Å²) in [6.07, 6.45) is 2.73. The van der Waals surface area contributed by atoms with E-state index in [4.69, 9.17) is 0 Å².